The van der Waals surface area contributed by atoms with Crippen molar-refractivity contribution >= 4 is 5.91 Å². The second-order valence-electron chi connectivity index (χ2n) is 4.29. The van der Waals surface area contributed by atoms with Crippen molar-refractivity contribution < 1.29 is 14.4 Å². The Morgan fingerprint density at radius 2 is 2.38 bits per heavy atom. The predicted octanol–water partition coefficient (Wildman–Crippen LogP) is 0.746. The summed E-state index contributed by atoms with van der Waals surface area (Å²) in [6.45, 7) is 4.98. The number of nitrogens with zero attached hydrogens (tertiary/aromatic N) is 2. The Morgan fingerprint density at radius 1 is 1.62 bits per heavy atom. The zero-order chi connectivity index (χ0) is 11.7. The molecule has 0 saturated carbocycles. The van der Waals surface area contributed by atoms with Gasteiger partial charge in [0, 0.05) is 25.6 Å². The maximum absolute atomic E-state index is 12.2. The molecule has 0 radical (unpaired) electrons. The van der Waals surface area contributed by atoms with Crippen LogP contribution in [0.2, 0.25) is 0 Å². The van der Waals surface area contributed by atoms with Gasteiger partial charge in [-0.3, -0.25) is 4.79 Å². The van der Waals surface area contributed by atoms with Crippen LogP contribution in [0.3, 0.4) is 0 Å². The summed E-state index contributed by atoms with van der Waals surface area (Å²) in [4.78, 5) is 13.9. The minimum atomic E-state index is -0.0350. The Kier molecular flexibility index (Phi) is 2.96. The van der Waals surface area contributed by atoms with E-state index in [1.807, 2.05) is 0 Å². The molecule has 5 heteroatoms. The van der Waals surface area contributed by atoms with Crippen LogP contribution in [0.15, 0.2) is 4.52 Å². The van der Waals surface area contributed by atoms with Crippen molar-refractivity contribution in [3.63, 3.8) is 0 Å². The Balaban J connectivity index is 2.15. The smallest absolute Gasteiger partial charge is 0.259 e. The van der Waals surface area contributed by atoms with Crippen LogP contribution in [0.25, 0.3) is 0 Å². The van der Waals surface area contributed by atoms with Crippen LogP contribution in [-0.2, 0) is 0 Å². The van der Waals surface area contributed by atoms with Crippen molar-refractivity contribution in [1.29, 1.82) is 0 Å². The summed E-state index contributed by atoms with van der Waals surface area (Å²) >= 11 is 0. The number of aliphatic hydroxyl groups excluding tert-OH is 1. The summed E-state index contributed by atoms with van der Waals surface area (Å²) in [6, 6.07) is 0. The number of aromatic nitrogens is 1. The molecule has 0 aliphatic carbocycles. The number of likely N-dealkylation sites (tertiary alicyclic amines) is 1. The second kappa shape index (κ2) is 4.25. The molecule has 1 saturated heterocycles. The monoisotopic (exact) mass is 224 g/mol. The van der Waals surface area contributed by atoms with Gasteiger partial charge in [-0.05, 0) is 20.3 Å². The number of amides is 1. The standard InChI is InChI=1S/C11H16N2O3/c1-7-10(8(2)16-12-7)11(15)13-4-3-9(5-13)6-14/h9,14H,3-6H2,1-2H3. The molecule has 1 aromatic heterocycles. The summed E-state index contributed by atoms with van der Waals surface area (Å²) in [6.07, 6.45) is 0.867. The van der Waals surface area contributed by atoms with Crippen LogP contribution in [0.1, 0.15) is 28.2 Å². The topological polar surface area (TPSA) is 66.6 Å². The number of hydrogen-bond acceptors (Lipinski definition) is 4. The number of aliphatic hydroxyl groups is 1. The fourth-order valence-corrected chi connectivity index (χ4v) is 2.11. The van der Waals surface area contributed by atoms with Crippen LogP contribution in [0.4, 0.5) is 0 Å². The first-order valence-electron chi connectivity index (χ1n) is 5.46. The van der Waals surface area contributed by atoms with E-state index in [-0.39, 0.29) is 18.4 Å². The molecule has 1 amide bonds. The second-order valence-corrected chi connectivity index (χ2v) is 4.29. The maximum Gasteiger partial charge on any atom is 0.259 e. The number of hydrogen-bond donors (Lipinski definition) is 1. The van der Waals surface area contributed by atoms with Gasteiger partial charge < -0.3 is 14.5 Å². The summed E-state index contributed by atoms with van der Waals surface area (Å²) in [5, 5.41) is 12.8. The van der Waals surface area contributed by atoms with Crippen LogP contribution >= 0.6 is 0 Å². The first-order chi connectivity index (χ1) is 7.63. The molecular formula is C11H16N2O3. The zero-order valence-electron chi connectivity index (χ0n) is 9.56. The highest BCUT2D eigenvalue weighted by Crippen LogP contribution is 2.21. The van der Waals surface area contributed by atoms with Crippen molar-refractivity contribution in [2.24, 2.45) is 5.92 Å². The minimum Gasteiger partial charge on any atom is -0.396 e. The molecule has 1 aromatic rings. The Morgan fingerprint density at radius 3 is 2.88 bits per heavy atom. The quantitative estimate of drug-likeness (QED) is 0.804. The lowest BCUT2D eigenvalue weighted by Gasteiger charge is -2.15. The average Bonchev–Trinajstić information content (AvgIpc) is 2.85. The van der Waals surface area contributed by atoms with Crippen LogP contribution in [-0.4, -0.2) is 40.8 Å². The van der Waals surface area contributed by atoms with Gasteiger partial charge in [0.15, 0.2) is 0 Å². The van der Waals surface area contributed by atoms with E-state index in [0.29, 0.717) is 30.1 Å². The summed E-state index contributed by atoms with van der Waals surface area (Å²) < 4.78 is 4.98. The fraction of sp³-hybridized carbons (Fsp3) is 0.636. The van der Waals surface area contributed by atoms with Gasteiger partial charge in [-0.1, -0.05) is 5.16 Å². The molecule has 2 heterocycles. The molecule has 5 nitrogen and oxygen atoms in total. The summed E-state index contributed by atoms with van der Waals surface area (Å²) in [5.74, 6) is 0.742. The number of carbonyl (C=O) groups is 1. The molecular weight excluding hydrogens is 208 g/mol. The van der Waals surface area contributed by atoms with Crippen LogP contribution < -0.4 is 0 Å². The van der Waals surface area contributed by atoms with Crippen LogP contribution in [0.5, 0.6) is 0 Å². The molecule has 1 N–H and O–H groups in total. The van der Waals surface area contributed by atoms with Crippen LogP contribution in [0, 0.1) is 19.8 Å². The lowest BCUT2D eigenvalue weighted by molar-refractivity contribution is 0.0779. The van der Waals surface area contributed by atoms with Gasteiger partial charge in [0.25, 0.3) is 5.91 Å². The first-order valence-corrected chi connectivity index (χ1v) is 5.46. The number of aryl methyl sites for hydroxylation is 2. The first kappa shape index (κ1) is 11.1. The van der Waals surface area contributed by atoms with E-state index in [0.717, 1.165) is 6.42 Å². The Hall–Kier alpha value is -1.36. The molecule has 1 unspecified atom stereocenters. The summed E-state index contributed by atoms with van der Waals surface area (Å²) in [5.41, 5.74) is 1.20. The summed E-state index contributed by atoms with van der Waals surface area (Å²) in [7, 11) is 0. The van der Waals surface area contributed by atoms with Gasteiger partial charge >= 0.3 is 0 Å². The normalized spacial score (nSPS) is 20.4. The van der Waals surface area contributed by atoms with E-state index in [4.69, 9.17) is 9.63 Å². The average molecular weight is 224 g/mol. The molecule has 0 bridgehead atoms. The van der Waals surface area contributed by atoms with Gasteiger partial charge in [0.05, 0.1) is 5.69 Å². The highest BCUT2D eigenvalue weighted by molar-refractivity contribution is 5.96. The molecule has 2 rings (SSSR count). The molecule has 1 atom stereocenters. The molecule has 88 valence electrons. The van der Waals surface area contributed by atoms with Crippen molar-refractivity contribution in [2.75, 3.05) is 19.7 Å². The predicted molar refractivity (Wildman–Crippen MR) is 57.1 cm³/mol. The van der Waals surface area contributed by atoms with E-state index in [2.05, 4.69) is 5.16 Å². The lowest BCUT2D eigenvalue weighted by Crippen LogP contribution is -2.29. The highest BCUT2D eigenvalue weighted by atomic mass is 16.5. The highest BCUT2D eigenvalue weighted by Gasteiger charge is 2.29. The SMILES string of the molecule is Cc1noc(C)c1C(=O)N1CCC(CO)C1. The minimum absolute atomic E-state index is 0.0350. The van der Waals surface area contributed by atoms with Crippen molar-refractivity contribution in [3.8, 4) is 0 Å². The molecule has 1 aliphatic rings. The third-order valence-corrected chi connectivity index (χ3v) is 3.08. The molecule has 0 aromatic carbocycles. The van der Waals surface area contributed by atoms with E-state index in [1.54, 1.807) is 18.7 Å². The van der Waals surface area contributed by atoms with Crippen molar-refractivity contribution in [3.05, 3.63) is 17.0 Å². The van der Waals surface area contributed by atoms with Crippen molar-refractivity contribution in [2.45, 2.75) is 20.3 Å². The number of rotatable bonds is 2. The Labute approximate surface area is 94.0 Å². The molecule has 1 aliphatic heterocycles. The number of carbonyl (C=O) groups excluding carboxylic acids is 1. The largest absolute Gasteiger partial charge is 0.396 e. The van der Waals surface area contributed by atoms with E-state index in [1.165, 1.54) is 0 Å². The van der Waals surface area contributed by atoms with Gasteiger partial charge in [-0.2, -0.15) is 0 Å². The maximum atomic E-state index is 12.2. The van der Waals surface area contributed by atoms with Crippen molar-refractivity contribution in [1.82, 2.24) is 10.1 Å². The van der Waals surface area contributed by atoms with Gasteiger partial charge in [0.2, 0.25) is 0 Å². The third-order valence-electron chi connectivity index (χ3n) is 3.08. The van der Waals surface area contributed by atoms with E-state index < -0.39 is 0 Å². The van der Waals surface area contributed by atoms with Gasteiger partial charge in [-0.15, -0.1) is 0 Å². The fourth-order valence-electron chi connectivity index (χ4n) is 2.11. The van der Waals surface area contributed by atoms with Gasteiger partial charge in [-0.25, -0.2) is 0 Å². The van der Waals surface area contributed by atoms with E-state index in [9.17, 15) is 4.79 Å². The Bertz CT molecular complexity index is 380. The zero-order valence-corrected chi connectivity index (χ0v) is 9.56. The lowest BCUT2D eigenvalue weighted by atomic mass is 10.1. The molecule has 16 heavy (non-hydrogen) atoms. The van der Waals surface area contributed by atoms with E-state index >= 15 is 0 Å². The molecule has 0 spiro atoms. The third kappa shape index (κ3) is 1.82. The van der Waals surface area contributed by atoms with Gasteiger partial charge in [0.1, 0.15) is 11.3 Å². The molecule has 1 fully saturated rings.